The molecule has 0 aliphatic rings. The number of halogens is 1. The summed E-state index contributed by atoms with van der Waals surface area (Å²) < 4.78 is 18.6. The molecule has 0 aliphatic heterocycles. The zero-order valence-corrected chi connectivity index (χ0v) is 13.5. The van der Waals surface area contributed by atoms with Gasteiger partial charge >= 0.3 is 0 Å². The molecule has 0 spiro atoms. The monoisotopic (exact) mass is 324 g/mol. The Kier molecular flexibility index (Phi) is 4.65. The van der Waals surface area contributed by atoms with Gasteiger partial charge in [0, 0.05) is 19.2 Å². The Morgan fingerprint density at radius 1 is 1.12 bits per heavy atom. The summed E-state index contributed by atoms with van der Waals surface area (Å²) >= 11 is 0. The van der Waals surface area contributed by atoms with Crippen molar-refractivity contribution in [2.24, 2.45) is 0 Å². The molecule has 24 heavy (non-hydrogen) atoms. The van der Waals surface area contributed by atoms with Crippen molar-refractivity contribution >= 4 is 5.95 Å². The highest BCUT2D eigenvalue weighted by molar-refractivity contribution is 5.59. The van der Waals surface area contributed by atoms with Crippen LogP contribution in [0.1, 0.15) is 5.56 Å². The van der Waals surface area contributed by atoms with Crippen molar-refractivity contribution in [3.63, 3.8) is 0 Å². The third kappa shape index (κ3) is 3.65. The lowest BCUT2D eigenvalue weighted by Gasteiger charge is -2.17. The van der Waals surface area contributed by atoms with E-state index in [2.05, 4.69) is 15.2 Å². The highest BCUT2D eigenvalue weighted by atomic mass is 19.1. The predicted octanol–water partition coefficient (Wildman–Crippen LogP) is 3.32. The van der Waals surface area contributed by atoms with Crippen molar-refractivity contribution in [3.05, 3.63) is 66.1 Å². The SMILES string of the molecule is COc1cccc(CN(C)c2nncc(-c3cccc(F)c3)n2)c1. The van der Waals surface area contributed by atoms with E-state index in [0.29, 0.717) is 23.8 Å². The molecule has 122 valence electrons. The highest BCUT2D eigenvalue weighted by Crippen LogP contribution is 2.20. The van der Waals surface area contributed by atoms with Gasteiger partial charge < -0.3 is 9.64 Å². The zero-order chi connectivity index (χ0) is 16.9. The molecule has 6 heteroatoms. The fourth-order valence-corrected chi connectivity index (χ4v) is 2.36. The Morgan fingerprint density at radius 3 is 2.75 bits per heavy atom. The van der Waals surface area contributed by atoms with Gasteiger partial charge in [0.1, 0.15) is 11.6 Å². The first-order valence-corrected chi connectivity index (χ1v) is 7.45. The molecule has 1 heterocycles. The van der Waals surface area contributed by atoms with Crippen molar-refractivity contribution in [1.82, 2.24) is 15.2 Å². The van der Waals surface area contributed by atoms with Gasteiger partial charge in [0.2, 0.25) is 5.95 Å². The van der Waals surface area contributed by atoms with Crippen LogP contribution in [0.25, 0.3) is 11.3 Å². The maximum absolute atomic E-state index is 13.4. The molecule has 5 nitrogen and oxygen atoms in total. The summed E-state index contributed by atoms with van der Waals surface area (Å²) in [4.78, 5) is 6.36. The van der Waals surface area contributed by atoms with E-state index in [1.807, 2.05) is 36.2 Å². The van der Waals surface area contributed by atoms with Crippen LogP contribution in [0.3, 0.4) is 0 Å². The summed E-state index contributed by atoms with van der Waals surface area (Å²) in [6, 6.07) is 14.1. The number of hydrogen-bond donors (Lipinski definition) is 0. The van der Waals surface area contributed by atoms with E-state index >= 15 is 0 Å². The lowest BCUT2D eigenvalue weighted by atomic mass is 10.1. The number of rotatable bonds is 5. The van der Waals surface area contributed by atoms with Gasteiger partial charge in [-0.3, -0.25) is 0 Å². The maximum atomic E-state index is 13.4. The Hall–Kier alpha value is -3.02. The van der Waals surface area contributed by atoms with Crippen LogP contribution in [0.4, 0.5) is 10.3 Å². The van der Waals surface area contributed by atoms with Gasteiger partial charge in [-0.1, -0.05) is 24.3 Å². The van der Waals surface area contributed by atoms with Crippen LogP contribution in [-0.2, 0) is 6.54 Å². The molecule has 2 aromatic carbocycles. The highest BCUT2D eigenvalue weighted by Gasteiger charge is 2.09. The molecule has 0 bridgehead atoms. The first kappa shape index (κ1) is 15.9. The summed E-state index contributed by atoms with van der Waals surface area (Å²) in [6.45, 7) is 0.603. The molecule has 0 saturated carbocycles. The number of methoxy groups -OCH3 is 1. The van der Waals surface area contributed by atoms with E-state index < -0.39 is 0 Å². The summed E-state index contributed by atoms with van der Waals surface area (Å²) in [6.07, 6.45) is 1.53. The number of anilines is 1. The second-order valence-corrected chi connectivity index (χ2v) is 5.36. The molecule has 3 rings (SSSR count). The fourth-order valence-electron chi connectivity index (χ4n) is 2.36. The first-order chi connectivity index (χ1) is 11.7. The standard InChI is InChI=1S/C18H17FN4O/c1-23(12-13-5-3-8-16(9-13)24-2)18-21-17(11-20-22-18)14-6-4-7-15(19)10-14/h3-11H,12H2,1-2H3. The van der Waals surface area contributed by atoms with Crippen molar-refractivity contribution in [2.45, 2.75) is 6.54 Å². The van der Waals surface area contributed by atoms with Crippen molar-refractivity contribution < 1.29 is 9.13 Å². The van der Waals surface area contributed by atoms with Gasteiger partial charge in [0.25, 0.3) is 0 Å². The van der Waals surface area contributed by atoms with Gasteiger partial charge in [0.05, 0.1) is 19.0 Å². The van der Waals surface area contributed by atoms with E-state index in [4.69, 9.17) is 4.74 Å². The molecular formula is C18H17FN4O. The topological polar surface area (TPSA) is 51.1 Å². The molecule has 3 aromatic rings. The number of ether oxygens (including phenoxy) is 1. The molecule has 0 unspecified atom stereocenters. The van der Waals surface area contributed by atoms with Crippen molar-refractivity contribution in [3.8, 4) is 17.0 Å². The Morgan fingerprint density at radius 2 is 1.96 bits per heavy atom. The molecule has 0 atom stereocenters. The van der Waals surface area contributed by atoms with E-state index in [1.54, 1.807) is 19.2 Å². The molecule has 1 aromatic heterocycles. The van der Waals surface area contributed by atoms with E-state index in [0.717, 1.165) is 11.3 Å². The largest absolute Gasteiger partial charge is 0.497 e. The van der Waals surface area contributed by atoms with Crippen LogP contribution < -0.4 is 9.64 Å². The molecule has 0 radical (unpaired) electrons. The van der Waals surface area contributed by atoms with Crippen LogP contribution in [-0.4, -0.2) is 29.3 Å². The zero-order valence-electron chi connectivity index (χ0n) is 13.5. The minimum Gasteiger partial charge on any atom is -0.497 e. The van der Waals surface area contributed by atoms with Gasteiger partial charge in [0.15, 0.2) is 0 Å². The smallest absolute Gasteiger partial charge is 0.245 e. The summed E-state index contributed by atoms with van der Waals surface area (Å²) in [7, 11) is 3.52. The minimum absolute atomic E-state index is 0.308. The number of nitrogens with zero attached hydrogens (tertiary/aromatic N) is 4. The maximum Gasteiger partial charge on any atom is 0.245 e. The lowest BCUT2D eigenvalue weighted by Crippen LogP contribution is -2.19. The second kappa shape index (κ2) is 7.04. The Labute approximate surface area is 139 Å². The molecule has 0 saturated heterocycles. The average Bonchev–Trinajstić information content (AvgIpc) is 2.62. The number of aromatic nitrogens is 3. The fraction of sp³-hybridized carbons (Fsp3) is 0.167. The van der Waals surface area contributed by atoms with Crippen LogP contribution >= 0.6 is 0 Å². The van der Waals surface area contributed by atoms with Crippen LogP contribution in [0.15, 0.2) is 54.7 Å². The summed E-state index contributed by atoms with van der Waals surface area (Å²) in [5.41, 5.74) is 2.31. The van der Waals surface area contributed by atoms with Gasteiger partial charge in [-0.25, -0.2) is 9.37 Å². The van der Waals surface area contributed by atoms with Gasteiger partial charge in [-0.2, -0.15) is 5.10 Å². The lowest BCUT2D eigenvalue weighted by molar-refractivity contribution is 0.414. The van der Waals surface area contributed by atoms with Crippen LogP contribution in [0, 0.1) is 5.82 Å². The minimum atomic E-state index is -0.308. The summed E-state index contributed by atoms with van der Waals surface area (Å²) in [5, 5.41) is 8.05. The molecule has 0 N–H and O–H groups in total. The Bertz CT molecular complexity index is 841. The number of benzene rings is 2. The number of hydrogen-bond acceptors (Lipinski definition) is 5. The molecule has 0 aliphatic carbocycles. The van der Waals surface area contributed by atoms with Gasteiger partial charge in [-0.05, 0) is 29.8 Å². The Balaban J connectivity index is 1.82. The predicted molar refractivity (Wildman–Crippen MR) is 90.3 cm³/mol. The average molecular weight is 324 g/mol. The van der Waals surface area contributed by atoms with E-state index in [9.17, 15) is 4.39 Å². The quantitative estimate of drug-likeness (QED) is 0.720. The summed E-state index contributed by atoms with van der Waals surface area (Å²) in [5.74, 6) is 0.963. The normalized spacial score (nSPS) is 10.5. The third-order valence-corrected chi connectivity index (χ3v) is 3.56. The first-order valence-electron chi connectivity index (χ1n) is 7.45. The van der Waals surface area contributed by atoms with Gasteiger partial charge in [-0.15, -0.1) is 5.10 Å². The molecule has 0 fully saturated rings. The second-order valence-electron chi connectivity index (χ2n) is 5.36. The van der Waals surface area contributed by atoms with Crippen molar-refractivity contribution in [1.29, 1.82) is 0 Å². The van der Waals surface area contributed by atoms with Crippen LogP contribution in [0.2, 0.25) is 0 Å². The van der Waals surface area contributed by atoms with Crippen molar-refractivity contribution in [2.75, 3.05) is 19.1 Å². The van der Waals surface area contributed by atoms with Crippen LogP contribution in [0.5, 0.6) is 5.75 Å². The molecular weight excluding hydrogens is 307 g/mol. The van der Waals surface area contributed by atoms with E-state index in [1.165, 1.54) is 18.3 Å². The third-order valence-electron chi connectivity index (χ3n) is 3.56. The van der Waals surface area contributed by atoms with E-state index in [-0.39, 0.29) is 5.82 Å². The molecule has 0 amide bonds.